The van der Waals surface area contributed by atoms with Crippen LogP contribution in [0.4, 0.5) is 19.3 Å². The molecule has 0 bridgehead atoms. The lowest BCUT2D eigenvalue weighted by Gasteiger charge is -2.33. The van der Waals surface area contributed by atoms with Crippen LogP contribution in [-0.2, 0) is 17.2 Å². The number of carbonyl (C=O) groups is 1. The first-order chi connectivity index (χ1) is 19.6. The molecule has 214 valence electrons. The molecule has 2 atom stereocenters. The molecule has 41 heavy (non-hydrogen) atoms. The van der Waals surface area contributed by atoms with Crippen molar-refractivity contribution in [3.05, 3.63) is 74.2 Å². The van der Waals surface area contributed by atoms with Crippen LogP contribution in [-0.4, -0.2) is 62.5 Å². The van der Waals surface area contributed by atoms with Crippen molar-refractivity contribution < 1.29 is 23.4 Å². The Bertz CT molecular complexity index is 1690. The summed E-state index contributed by atoms with van der Waals surface area (Å²) in [5.41, 5.74) is 2.13. The second kappa shape index (κ2) is 10.7. The highest BCUT2D eigenvalue weighted by molar-refractivity contribution is 7.15. The van der Waals surface area contributed by atoms with Crippen LogP contribution < -0.4 is 10.9 Å². The van der Waals surface area contributed by atoms with Crippen molar-refractivity contribution in [3.8, 4) is 10.6 Å². The Labute approximate surface area is 242 Å². The number of piperidine rings is 1. The van der Waals surface area contributed by atoms with E-state index in [9.17, 15) is 18.4 Å². The smallest absolute Gasteiger partial charge is 0.410 e. The fourth-order valence-corrected chi connectivity index (χ4v) is 6.37. The second-order valence-electron chi connectivity index (χ2n) is 10.3. The van der Waals surface area contributed by atoms with E-state index in [-0.39, 0.29) is 28.6 Å². The van der Waals surface area contributed by atoms with Crippen LogP contribution in [0.2, 0.25) is 5.02 Å². The lowest BCUT2D eigenvalue weighted by atomic mass is 9.97. The zero-order chi connectivity index (χ0) is 28.9. The van der Waals surface area contributed by atoms with Crippen molar-refractivity contribution in [2.75, 3.05) is 25.1 Å². The molecule has 0 spiro atoms. The third-order valence-corrected chi connectivity index (χ3v) is 8.94. The van der Waals surface area contributed by atoms with E-state index in [0.29, 0.717) is 70.5 Å². The molecule has 4 aromatic rings. The zero-order valence-corrected chi connectivity index (χ0v) is 23.5. The summed E-state index contributed by atoms with van der Waals surface area (Å²) in [6, 6.07) is 10.5. The Morgan fingerprint density at radius 2 is 2.02 bits per heavy atom. The molecule has 0 unspecified atom stereocenters. The molecule has 2 aliphatic heterocycles. The van der Waals surface area contributed by atoms with Crippen molar-refractivity contribution in [3.63, 3.8) is 0 Å². The summed E-state index contributed by atoms with van der Waals surface area (Å²) in [5, 5.41) is 13.9. The number of thiazole rings is 1. The molecule has 0 radical (unpaired) electrons. The van der Waals surface area contributed by atoms with Gasteiger partial charge in [0.2, 0.25) is 0 Å². The number of aliphatic hydroxyl groups excluding tert-OH is 1. The summed E-state index contributed by atoms with van der Waals surface area (Å²) in [7, 11) is 0. The first kappa shape index (κ1) is 27.6. The van der Waals surface area contributed by atoms with E-state index in [1.807, 2.05) is 12.1 Å². The van der Waals surface area contributed by atoms with Crippen LogP contribution in [0.1, 0.15) is 29.1 Å². The van der Waals surface area contributed by atoms with Crippen molar-refractivity contribution in [1.29, 1.82) is 0 Å². The number of aromatic nitrogens is 3. The normalized spacial score (nSPS) is 19.0. The summed E-state index contributed by atoms with van der Waals surface area (Å²) >= 11 is 6.79. The van der Waals surface area contributed by atoms with E-state index in [0.717, 1.165) is 23.1 Å². The number of benzene rings is 2. The van der Waals surface area contributed by atoms with Crippen LogP contribution in [0, 0.1) is 6.92 Å². The third kappa shape index (κ3) is 5.27. The molecule has 2 saturated heterocycles. The number of nitrogens with zero attached hydrogens (tertiary/aromatic N) is 4. The number of halogens is 3. The fourth-order valence-electron chi connectivity index (χ4n) is 5.33. The van der Waals surface area contributed by atoms with Gasteiger partial charge < -0.3 is 20.1 Å². The van der Waals surface area contributed by atoms with E-state index in [2.05, 4.69) is 15.3 Å². The second-order valence-corrected chi connectivity index (χ2v) is 11.7. The molecule has 1 amide bonds. The van der Waals surface area contributed by atoms with Crippen molar-refractivity contribution in [2.45, 2.75) is 44.3 Å². The van der Waals surface area contributed by atoms with Gasteiger partial charge in [0.25, 0.3) is 5.56 Å². The van der Waals surface area contributed by atoms with Gasteiger partial charge in [-0.25, -0.2) is 14.8 Å². The van der Waals surface area contributed by atoms with E-state index < -0.39 is 12.5 Å². The zero-order valence-electron chi connectivity index (χ0n) is 21.9. The highest BCUT2D eigenvalue weighted by Crippen LogP contribution is 2.40. The Kier molecular flexibility index (Phi) is 7.16. The van der Waals surface area contributed by atoms with Crippen LogP contribution >= 0.6 is 22.9 Å². The molecule has 6 rings (SSSR count). The molecular formula is C28H26ClF2N5O4S. The number of carbonyl (C=O) groups excluding carboxylic acids is 1. The highest BCUT2D eigenvalue weighted by Gasteiger charge is 2.38. The number of hydrogen-bond acceptors (Lipinski definition) is 8. The minimum absolute atomic E-state index is 0.0602. The molecule has 9 nitrogen and oxygen atoms in total. The van der Waals surface area contributed by atoms with Crippen LogP contribution in [0.5, 0.6) is 0 Å². The molecular weight excluding hydrogens is 576 g/mol. The van der Waals surface area contributed by atoms with Crippen LogP contribution in [0.25, 0.3) is 21.5 Å². The Morgan fingerprint density at radius 1 is 1.24 bits per heavy atom. The summed E-state index contributed by atoms with van der Waals surface area (Å²) in [5.74, 6) is -2.93. The van der Waals surface area contributed by atoms with Gasteiger partial charge in [-0.2, -0.15) is 8.78 Å². The number of alkyl halides is 2. The van der Waals surface area contributed by atoms with Gasteiger partial charge in [0.15, 0.2) is 0 Å². The SMILES string of the molecule is Cc1nc2cc(-c3ncc(C(F)(F)CO)s3)c(N[C@H]3CCN4C(=O)OC[C@@H]4C3)cc2c(=O)n1Cc1ccc(Cl)cc1. The summed E-state index contributed by atoms with van der Waals surface area (Å²) < 4.78 is 35.3. The summed E-state index contributed by atoms with van der Waals surface area (Å²) in [6.45, 7) is 1.54. The summed E-state index contributed by atoms with van der Waals surface area (Å²) in [6.07, 6.45) is 2.01. The number of fused-ring (bicyclic) bond motifs is 2. The van der Waals surface area contributed by atoms with Crippen LogP contribution in [0.15, 0.2) is 47.4 Å². The number of aryl methyl sites for hydroxylation is 1. The minimum Gasteiger partial charge on any atom is -0.447 e. The average Bonchev–Trinajstić information content (AvgIpc) is 3.60. The number of cyclic esters (lactones) is 1. The first-order valence-electron chi connectivity index (χ1n) is 13.1. The van der Waals surface area contributed by atoms with Crippen molar-refractivity contribution in [1.82, 2.24) is 19.4 Å². The Morgan fingerprint density at radius 3 is 2.78 bits per heavy atom. The molecule has 2 aliphatic rings. The third-order valence-electron chi connectivity index (χ3n) is 7.54. The molecule has 13 heteroatoms. The monoisotopic (exact) mass is 601 g/mol. The maximum Gasteiger partial charge on any atom is 0.410 e. The van der Waals surface area contributed by atoms with Gasteiger partial charge in [-0.3, -0.25) is 9.36 Å². The predicted molar refractivity (Wildman–Crippen MR) is 152 cm³/mol. The molecule has 0 saturated carbocycles. The molecule has 2 aromatic carbocycles. The maximum atomic E-state index is 14.2. The van der Waals surface area contributed by atoms with Crippen LogP contribution in [0.3, 0.4) is 0 Å². The standard InChI is InChI=1S/C28H26ClF2N5O4S/c1-15-33-23-9-20(25-32-11-24(41-25)28(30,31)14-37)22(34-18-6-7-35-19(8-18)13-40-27(35)39)10-21(23)26(38)36(15)12-16-2-4-17(29)5-3-16/h2-5,9-11,18-19,34,37H,6-8,12-14H2,1H3/t18-,19-/m0/s1. The lowest BCUT2D eigenvalue weighted by Crippen LogP contribution is -2.45. The number of anilines is 1. The minimum atomic E-state index is -3.42. The van der Waals surface area contributed by atoms with Gasteiger partial charge in [-0.05, 0) is 49.6 Å². The number of nitrogens with one attached hydrogen (secondary N) is 1. The Balaban J connectivity index is 1.42. The van der Waals surface area contributed by atoms with Gasteiger partial charge in [0.1, 0.15) is 24.0 Å². The van der Waals surface area contributed by atoms with Gasteiger partial charge in [-0.1, -0.05) is 23.7 Å². The molecule has 2 N–H and O–H groups in total. The number of ether oxygens (including phenoxy) is 1. The van der Waals surface area contributed by atoms with Crippen molar-refractivity contribution >= 4 is 45.6 Å². The largest absolute Gasteiger partial charge is 0.447 e. The van der Waals surface area contributed by atoms with E-state index in [1.54, 1.807) is 40.7 Å². The highest BCUT2D eigenvalue weighted by atomic mass is 35.5. The molecule has 4 heterocycles. The topological polar surface area (TPSA) is 110 Å². The quantitative estimate of drug-likeness (QED) is 0.306. The van der Waals surface area contributed by atoms with Crippen molar-refractivity contribution in [2.24, 2.45) is 0 Å². The van der Waals surface area contributed by atoms with E-state index >= 15 is 0 Å². The van der Waals surface area contributed by atoms with E-state index in [1.165, 1.54) is 0 Å². The Hall–Kier alpha value is -3.61. The average molecular weight is 602 g/mol. The number of aliphatic hydroxyl groups is 1. The first-order valence-corrected chi connectivity index (χ1v) is 14.3. The number of amides is 1. The van der Waals surface area contributed by atoms with Gasteiger partial charge in [0, 0.05) is 35.1 Å². The lowest BCUT2D eigenvalue weighted by molar-refractivity contribution is -0.0525. The van der Waals surface area contributed by atoms with Gasteiger partial charge >= 0.3 is 12.0 Å². The van der Waals surface area contributed by atoms with Gasteiger partial charge in [0.05, 0.1) is 28.4 Å². The van der Waals surface area contributed by atoms with E-state index in [4.69, 9.17) is 21.4 Å². The van der Waals surface area contributed by atoms with Gasteiger partial charge in [-0.15, -0.1) is 11.3 Å². The maximum absolute atomic E-state index is 14.2. The molecule has 2 aromatic heterocycles. The number of rotatable bonds is 7. The fraction of sp³-hybridized carbons (Fsp3) is 0.357. The molecule has 2 fully saturated rings. The number of hydrogen-bond donors (Lipinski definition) is 2. The summed E-state index contributed by atoms with van der Waals surface area (Å²) in [4.78, 5) is 36.0. The predicted octanol–water partition coefficient (Wildman–Crippen LogP) is 5.01. The molecule has 0 aliphatic carbocycles.